The fourth-order valence-corrected chi connectivity index (χ4v) is 3.53. The van der Waals surface area contributed by atoms with Gasteiger partial charge in [-0.15, -0.1) is 12.4 Å². The van der Waals surface area contributed by atoms with Crippen LogP contribution >= 0.6 is 12.4 Å². The molecule has 1 aliphatic heterocycles. The minimum absolute atomic E-state index is 0. The van der Waals surface area contributed by atoms with Crippen LogP contribution in [0.2, 0.25) is 0 Å². The molecule has 1 aliphatic rings. The van der Waals surface area contributed by atoms with Crippen molar-refractivity contribution in [3.63, 3.8) is 0 Å². The van der Waals surface area contributed by atoms with Crippen LogP contribution in [-0.4, -0.2) is 43.7 Å². The van der Waals surface area contributed by atoms with Crippen molar-refractivity contribution in [3.8, 4) is 6.07 Å². The maximum Gasteiger partial charge on any atom is 0.222 e. The number of aromatic nitrogens is 1. The average molecular weight is 381 g/mol. The summed E-state index contributed by atoms with van der Waals surface area (Å²) in [4.78, 5) is 18.9. The predicted octanol–water partition coefficient (Wildman–Crippen LogP) is 2.75. The number of hydrogen-bond donors (Lipinski definition) is 1. The Kier molecular flexibility index (Phi) is 8.83. The molecule has 144 valence electrons. The predicted molar refractivity (Wildman–Crippen MR) is 105 cm³/mol. The third-order valence-corrected chi connectivity index (χ3v) is 4.72. The summed E-state index contributed by atoms with van der Waals surface area (Å²) in [7, 11) is 1.60. The van der Waals surface area contributed by atoms with Crippen molar-refractivity contribution in [2.24, 2.45) is 5.92 Å². The molecule has 2 heterocycles. The van der Waals surface area contributed by atoms with Crippen molar-refractivity contribution < 1.29 is 9.53 Å². The van der Waals surface area contributed by atoms with Crippen LogP contribution in [0.25, 0.3) is 0 Å². The summed E-state index contributed by atoms with van der Waals surface area (Å²) in [6.45, 7) is 7.98. The van der Waals surface area contributed by atoms with Crippen LogP contribution in [0.4, 0.5) is 5.82 Å². The zero-order valence-electron chi connectivity index (χ0n) is 16.0. The van der Waals surface area contributed by atoms with E-state index in [0.717, 1.165) is 36.5 Å². The molecule has 1 aromatic rings. The first-order valence-corrected chi connectivity index (χ1v) is 8.91. The molecule has 26 heavy (non-hydrogen) atoms. The van der Waals surface area contributed by atoms with Gasteiger partial charge in [0, 0.05) is 32.3 Å². The summed E-state index contributed by atoms with van der Waals surface area (Å²) in [6, 6.07) is 4.31. The molecule has 1 N–H and O–H groups in total. The Bertz CT molecular complexity index is 660. The molecule has 0 radical (unpaired) electrons. The largest absolute Gasteiger partial charge is 0.384 e. The Morgan fingerprint density at radius 2 is 2.19 bits per heavy atom. The number of pyridine rings is 1. The minimum Gasteiger partial charge on any atom is -0.384 e. The van der Waals surface area contributed by atoms with Gasteiger partial charge in [0.1, 0.15) is 11.9 Å². The van der Waals surface area contributed by atoms with E-state index in [0.29, 0.717) is 31.1 Å². The second-order valence-corrected chi connectivity index (χ2v) is 6.76. The Labute approximate surface area is 162 Å². The molecule has 0 unspecified atom stereocenters. The Morgan fingerprint density at radius 3 is 2.81 bits per heavy atom. The number of methoxy groups -OCH3 is 1. The highest BCUT2D eigenvalue weighted by atomic mass is 35.5. The van der Waals surface area contributed by atoms with Gasteiger partial charge in [-0.3, -0.25) is 4.79 Å². The summed E-state index contributed by atoms with van der Waals surface area (Å²) in [6.07, 6.45) is 2.48. The number of nitrogens with one attached hydrogen (secondary N) is 1. The number of amides is 1. The Balaban J connectivity index is 0.00000338. The van der Waals surface area contributed by atoms with Crippen molar-refractivity contribution in [1.29, 1.82) is 5.26 Å². The number of carbonyl (C=O) groups excluding carboxylic acids is 1. The van der Waals surface area contributed by atoms with E-state index < -0.39 is 0 Å². The summed E-state index contributed by atoms with van der Waals surface area (Å²) in [5.74, 6) is 1.13. The van der Waals surface area contributed by atoms with Gasteiger partial charge < -0.3 is 15.0 Å². The van der Waals surface area contributed by atoms with Gasteiger partial charge in [-0.25, -0.2) is 4.98 Å². The second kappa shape index (κ2) is 10.3. The lowest BCUT2D eigenvalue weighted by molar-refractivity contribution is -0.122. The molecular formula is C19H29ClN4O2. The molecule has 2 rings (SSSR count). The van der Waals surface area contributed by atoms with Crippen LogP contribution in [0.1, 0.15) is 43.0 Å². The van der Waals surface area contributed by atoms with Gasteiger partial charge >= 0.3 is 0 Å². The quantitative estimate of drug-likeness (QED) is 0.786. The van der Waals surface area contributed by atoms with E-state index in [1.807, 2.05) is 19.9 Å². The number of carbonyl (C=O) groups is 1. The van der Waals surface area contributed by atoms with Crippen molar-refractivity contribution in [1.82, 2.24) is 10.3 Å². The zero-order chi connectivity index (χ0) is 18.4. The monoisotopic (exact) mass is 380 g/mol. The third-order valence-electron chi connectivity index (χ3n) is 4.72. The van der Waals surface area contributed by atoms with E-state index in [1.165, 1.54) is 0 Å². The van der Waals surface area contributed by atoms with Crippen LogP contribution in [0.5, 0.6) is 0 Å². The summed E-state index contributed by atoms with van der Waals surface area (Å²) in [5, 5.41) is 12.7. The van der Waals surface area contributed by atoms with Crippen LogP contribution in [0.3, 0.4) is 0 Å². The molecule has 1 saturated heterocycles. The Morgan fingerprint density at radius 1 is 1.46 bits per heavy atom. The SMILES string of the molecule is CCC[C@H]1CN(c2nc(C)cc(C)c2C#N)C[C@@H]1NC(=O)CCOC.Cl. The third kappa shape index (κ3) is 5.33. The average Bonchev–Trinajstić information content (AvgIpc) is 2.95. The molecule has 0 aliphatic carbocycles. The fourth-order valence-electron chi connectivity index (χ4n) is 3.53. The number of ether oxygens (including phenoxy) is 1. The van der Waals surface area contributed by atoms with Crippen LogP contribution < -0.4 is 10.2 Å². The van der Waals surface area contributed by atoms with Crippen molar-refractivity contribution >= 4 is 24.1 Å². The van der Waals surface area contributed by atoms with Gasteiger partial charge in [0.25, 0.3) is 0 Å². The summed E-state index contributed by atoms with van der Waals surface area (Å²) in [5.41, 5.74) is 2.49. The molecule has 7 heteroatoms. The van der Waals surface area contributed by atoms with E-state index in [4.69, 9.17) is 4.74 Å². The van der Waals surface area contributed by atoms with Crippen molar-refractivity contribution in [2.75, 3.05) is 31.7 Å². The summed E-state index contributed by atoms with van der Waals surface area (Å²) >= 11 is 0. The molecule has 0 bridgehead atoms. The van der Waals surface area contributed by atoms with Gasteiger partial charge in [0.05, 0.1) is 18.2 Å². The number of rotatable bonds is 7. The van der Waals surface area contributed by atoms with Crippen molar-refractivity contribution in [2.45, 2.75) is 46.1 Å². The molecular weight excluding hydrogens is 352 g/mol. The molecule has 0 aromatic carbocycles. The highest BCUT2D eigenvalue weighted by Crippen LogP contribution is 2.29. The number of halogens is 1. The first kappa shape index (κ1) is 22.2. The number of nitriles is 1. The van der Waals surface area contributed by atoms with Gasteiger partial charge in [-0.05, 0) is 37.8 Å². The molecule has 0 spiro atoms. The topological polar surface area (TPSA) is 78.3 Å². The van der Waals surface area contributed by atoms with Crippen LogP contribution in [0.15, 0.2) is 6.07 Å². The highest BCUT2D eigenvalue weighted by Gasteiger charge is 2.35. The van der Waals surface area contributed by atoms with E-state index in [-0.39, 0.29) is 24.4 Å². The molecule has 1 aromatic heterocycles. The smallest absolute Gasteiger partial charge is 0.222 e. The van der Waals surface area contributed by atoms with Gasteiger partial charge in [0.15, 0.2) is 0 Å². The number of nitrogens with zero attached hydrogens (tertiary/aromatic N) is 3. The fraction of sp³-hybridized carbons (Fsp3) is 0.632. The lowest BCUT2D eigenvalue weighted by Gasteiger charge is -2.20. The van der Waals surface area contributed by atoms with E-state index >= 15 is 0 Å². The zero-order valence-corrected chi connectivity index (χ0v) is 16.9. The van der Waals surface area contributed by atoms with Gasteiger partial charge in [0.2, 0.25) is 5.91 Å². The number of anilines is 1. The first-order valence-electron chi connectivity index (χ1n) is 8.91. The lowest BCUT2D eigenvalue weighted by Crippen LogP contribution is -2.41. The molecule has 0 saturated carbocycles. The normalized spacial score (nSPS) is 19.0. The second-order valence-electron chi connectivity index (χ2n) is 6.76. The standard InChI is InChI=1S/C19H28N4O2.ClH/c1-5-6-15-11-23(12-17(15)22-18(24)7-8-25-4)19-16(10-20)13(2)9-14(3)21-19;/h9,15,17H,5-8,11-12H2,1-4H3,(H,22,24);1H/t15-,17-;/m0./s1. The molecule has 1 amide bonds. The molecule has 2 atom stereocenters. The lowest BCUT2D eigenvalue weighted by atomic mass is 9.98. The molecule has 1 fully saturated rings. The van der Waals surface area contributed by atoms with E-state index in [1.54, 1.807) is 7.11 Å². The highest BCUT2D eigenvalue weighted by molar-refractivity contribution is 5.85. The van der Waals surface area contributed by atoms with Crippen LogP contribution in [0, 0.1) is 31.1 Å². The van der Waals surface area contributed by atoms with Crippen molar-refractivity contribution in [3.05, 3.63) is 22.9 Å². The van der Waals surface area contributed by atoms with Crippen LogP contribution in [-0.2, 0) is 9.53 Å². The maximum atomic E-state index is 12.1. The Hall–Kier alpha value is -1.84. The first-order chi connectivity index (χ1) is 12.0. The number of hydrogen-bond acceptors (Lipinski definition) is 5. The number of aryl methyl sites for hydroxylation is 2. The van der Waals surface area contributed by atoms with Gasteiger partial charge in [-0.2, -0.15) is 5.26 Å². The van der Waals surface area contributed by atoms with Gasteiger partial charge in [-0.1, -0.05) is 13.3 Å². The molecule has 6 nitrogen and oxygen atoms in total. The minimum atomic E-state index is 0. The van der Waals surface area contributed by atoms with E-state index in [9.17, 15) is 10.1 Å². The van der Waals surface area contributed by atoms with E-state index in [2.05, 4.69) is 28.2 Å². The summed E-state index contributed by atoms with van der Waals surface area (Å²) < 4.78 is 4.98. The maximum absolute atomic E-state index is 12.1.